The number of benzene rings is 4. The van der Waals surface area contributed by atoms with E-state index in [1.165, 1.54) is 12.1 Å². The molecule has 1 unspecified atom stereocenters. The molecule has 2 heterocycles. The molecule has 0 aliphatic carbocycles. The molecule has 1 saturated heterocycles. The predicted octanol–water partition coefficient (Wildman–Crippen LogP) is 6.45. The zero-order valence-corrected chi connectivity index (χ0v) is 24.3. The van der Waals surface area contributed by atoms with Gasteiger partial charge in [-0.3, -0.25) is 9.59 Å². The summed E-state index contributed by atoms with van der Waals surface area (Å²) >= 11 is 7.94. The van der Waals surface area contributed by atoms with Crippen molar-refractivity contribution in [2.24, 2.45) is 0 Å². The van der Waals surface area contributed by atoms with Crippen LogP contribution in [0.25, 0.3) is 20.8 Å². The van der Waals surface area contributed by atoms with Crippen LogP contribution in [0.2, 0.25) is 5.02 Å². The van der Waals surface area contributed by atoms with E-state index in [1.807, 2.05) is 31.2 Å². The number of rotatable bonds is 7. The summed E-state index contributed by atoms with van der Waals surface area (Å²) in [6, 6.07) is 26.6. The maximum atomic E-state index is 13.8. The maximum absolute atomic E-state index is 13.8. The number of fused-ring (bicyclic) bond motifs is 1. The highest BCUT2D eigenvalue weighted by Crippen LogP contribution is 2.35. The van der Waals surface area contributed by atoms with Crippen LogP contribution < -0.4 is 4.90 Å². The van der Waals surface area contributed by atoms with Gasteiger partial charge in [-0.1, -0.05) is 54.1 Å². The van der Waals surface area contributed by atoms with Gasteiger partial charge in [0.05, 0.1) is 27.2 Å². The van der Waals surface area contributed by atoms with Crippen molar-refractivity contribution in [3.8, 4) is 10.6 Å². The smallest absolute Gasteiger partial charge is 0.252 e. The van der Waals surface area contributed by atoms with E-state index in [0.717, 1.165) is 35.6 Å². The average molecular weight is 602 g/mol. The normalized spacial score (nSPS) is 15.8. The van der Waals surface area contributed by atoms with Gasteiger partial charge in [-0.15, -0.1) is 11.3 Å². The Labute approximate surface area is 246 Å². The summed E-state index contributed by atoms with van der Waals surface area (Å²) in [5.74, 6) is -1.08. The Balaban J connectivity index is 1.32. The number of amides is 2. The Bertz CT molecular complexity index is 1890. The van der Waals surface area contributed by atoms with Crippen LogP contribution in [-0.2, 0) is 26.2 Å². The van der Waals surface area contributed by atoms with Gasteiger partial charge in [-0.2, -0.15) is 4.31 Å². The molecule has 1 atom stereocenters. The molecule has 41 heavy (non-hydrogen) atoms. The van der Waals surface area contributed by atoms with Crippen molar-refractivity contribution in [2.75, 3.05) is 4.90 Å². The number of carbonyl (C=O) groups excluding carboxylic acids is 2. The van der Waals surface area contributed by atoms with Crippen molar-refractivity contribution in [1.82, 2.24) is 9.29 Å². The maximum Gasteiger partial charge on any atom is 0.252 e. The molecule has 1 aliphatic heterocycles. The third-order valence-electron chi connectivity index (χ3n) is 7.02. The molecule has 0 spiro atoms. The van der Waals surface area contributed by atoms with E-state index in [2.05, 4.69) is 6.07 Å². The number of aryl methyl sites for hydroxylation is 1. The van der Waals surface area contributed by atoms with Crippen molar-refractivity contribution < 1.29 is 18.0 Å². The molecule has 2 amide bonds. The van der Waals surface area contributed by atoms with E-state index in [-0.39, 0.29) is 17.9 Å². The van der Waals surface area contributed by atoms with Gasteiger partial charge in [0, 0.05) is 17.1 Å². The second kappa shape index (κ2) is 10.8. The fourth-order valence-electron chi connectivity index (χ4n) is 4.91. The van der Waals surface area contributed by atoms with Crippen molar-refractivity contribution in [2.45, 2.75) is 30.8 Å². The quantitative estimate of drug-likeness (QED) is 0.200. The molecule has 7 nitrogen and oxygen atoms in total. The average Bonchev–Trinajstić information content (AvgIpc) is 3.52. The number of halogens is 1. The van der Waals surface area contributed by atoms with E-state index in [0.29, 0.717) is 16.3 Å². The Morgan fingerprint density at radius 1 is 0.951 bits per heavy atom. The fraction of sp³-hybridized carbons (Fsp3) is 0.129. The van der Waals surface area contributed by atoms with E-state index in [4.69, 9.17) is 16.6 Å². The summed E-state index contributed by atoms with van der Waals surface area (Å²) in [6.07, 6.45) is -0.283. The Morgan fingerprint density at radius 2 is 1.66 bits per heavy atom. The first-order valence-corrected chi connectivity index (χ1v) is 15.5. The van der Waals surface area contributed by atoms with Crippen LogP contribution in [-0.4, -0.2) is 35.6 Å². The van der Waals surface area contributed by atoms with Crippen LogP contribution >= 0.6 is 22.9 Å². The molecule has 1 fully saturated rings. The Hall–Kier alpha value is -3.89. The van der Waals surface area contributed by atoms with Crippen LogP contribution in [0.4, 0.5) is 5.69 Å². The molecule has 0 N–H and O–H groups in total. The van der Waals surface area contributed by atoms with E-state index in [1.54, 1.807) is 65.9 Å². The van der Waals surface area contributed by atoms with Crippen LogP contribution in [0, 0.1) is 6.92 Å². The van der Waals surface area contributed by atoms with Gasteiger partial charge in [0.1, 0.15) is 11.0 Å². The van der Waals surface area contributed by atoms with E-state index < -0.39 is 27.9 Å². The number of imide groups is 1. The molecule has 206 valence electrons. The van der Waals surface area contributed by atoms with E-state index >= 15 is 0 Å². The highest BCUT2D eigenvalue weighted by atomic mass is 35.5. The first-order valence-electron chi connectivity index (χ1n) is 12.9. The fourth-order valence-corrected chi connectivity index (χ4v) is 7.75. The summed E-state index contributed by atoms with van der Waals surface area (Å²) < 4.78 is 29.8. The molecular formula is C31H24ClN3O4S2. The molecule has 0 radical (unpaired) electrons. The lowest BCUT2D eigenvalue weighted by atomic mass is 10.2. The van der Waals surface area contributed by atoms with Crippen molar-refractivity contribution in [1.29, 1.82) is 0 Å². The van der Waals surface area contributed by atoms with Gasteiger partial charge >= 0.3 is 0 Å². The molecule has 0 bridgehead atoms. The number of hydrogen-bond donors (Lipinski definition) is 0. The van der Waals surface area contributed by atoms with Gasteiger partial charge in [-0.25, -0.2) is 18.3 Å². The second-order valence-corrected chi connectivity index (χ2v) is 13.1. The topological polar surface area (TPSA) is 87.7 Å². The first-order chi connectivity index (χ1) is 19.7. The predicted molar refractivity (Wildman–Crippen MR) is 161 cm³/mol. The largest absolute Gasteiger partial charge is 0.274 e. The van der Waals surface area contributed by atoms with Gasteiger partial charge in [0.25, 0.3) is 5.91 Å². The van der Waals surface area contributed by atoms with Crippen molar-refractivity contribution in [3.63, 3.8) is 0 Å². The van der Waals surface area contributed by atoms with Gasteiger partial charge < -0.3 is 0 Å². The molecule has 1 aromatic heterocycles. The highest BCUT2D eigenvalue weighted by molar-refractivity contribution is 7.89. The molecule has 10 heteroatoms. The van der Waals surface area contributed by atoms with Crippen LogP contribution in [0.15, 0.2) is 102 Å². The first kappa shape index (κ1) is 27.3. The van der Waals surface area contributed by atoms with Crippen molar-refractivity contribution >= 4 is 60.7 Å². The molecular weight excluding hydrogens is 578 g/mol. The standard InChI is InChI=1S/C31H24ClN3O4S2/c1-20-11-16-26-28(17-20)40-30(33-26)21-12-14-23(15-13-21)35-29(36)18-27(31(35)37)34(19-22-7-5-6-10-25(22)32)41(38,39)24-8-3-2-4-9-24/h2-17,27H,18-19H2,1H3. The van der Waals surface area contributed by atoms with E-state index in [9.17, 15) is 18.0 Å². The number of sulfonamides is 1. The van der Waals surface area contributed by atoms with Gasteiger partial charge in [0.2, 0.25) is 15.9 Å². The Morgan fingerprint density at radius 3 is 2.39 bits per heavy atom. The molecule has 1 aliphatic rings. The lowest BCUT2D eigenvalue weighted by Crippen LogP contribution is -2.45. The monoisotopic (exact) mass is 601 g/mol. The lowest BCUT2D eigenvalue weighted by Gasteiger charge is -2.27. The number of thiazole rings is 1. The molecule has 5 aromatic rings. The minimum absolute atomic E-state index is 0.0288. The molecule has 6 rings (SSSR count). The zero-order chi connectivity index (χ0) is 28.7. The summed E-state index contributed by atoms with van der Waals surface area (Å²) in [5, 5.41) is 1.20. The Kier molecular flexibility index (Phi) is 7.21. The highest BCUT2D eigenvalue weighted by Gasteiger charge is 2.47. The third kappa shape index (κ3) is 5.17. The summed E-state index contributed by atoms with van der Waals surface area (Å²) in [4.78, 5) is 32.8. The summed E-state index contributed by atoms with van der Waals surface area (Å²) in [6.45, 7) is 1.87. The SMILES string of the molecule is Cc1ccc2nc(-c3ccc(N4C(=O)CC(N(Cc5ccccc5Cl)S(=O)(=O)c5ccccc5)C4=O)cc3)sc2c1. The molecule has 0 saturated carbocycles. The van der Waals surface area contributed by atoms with Crippen LogP contribution in [0.3, 0.4) is 0 Å². The third-order valence-corrected chi connectivity index (χ3v) is 10.3. The minimum Gasteiger partial charge on any atom is -0.274 e. The minimum atomic E-state index is -4.15. The second-order valence-electron chi connectivity index (χ2n) is 9.78. The number of hydrogen-bond acceptors (Lipinski definition) is 6. The van der Waals surface area contributed by atoms with Crippen LogP contribution in [0.1, 0.15) is 17.5 Å². The number of nitrogens with zero attached hydrogens (tertiary/aromatic N) is 3. The number of carbonyl (C=O) groups is 2. The summed E-state index contributed by atoms with van der Waals surface area (Å²) in [7, 11) is -4.15. The molecule has 4 aromatic carbocycles. The number of anilines is 1. The lowest BCUT2D eigenvalue weighted by molar-refractivity contribution is -0.122. The van der Waals surface area contributed by atoms with Crippen LogP contribution in [0.5, 0.6) is 0 Å². The van der Waals surface area contributed by atoms with Gasteiger partial charge in [-0.05, 0) is 72.6 Å². The zero-order valence-electron chi connectivity index (χ0n) is 21.9. The van der Waals surface area contributed by atoms with Gasteiger partial charge in [0.15, 0.2) is 0 Å². The number of aromatic nitrogens is 1. The van der Waals surface area contributed by atoms with Crippen molar-refractivity contribution in [3.05, 3.63) is 113 Å². The summed E-state index contributed by atoms with van der Waals surface area (Å²) in [5.41, 5.74) is 3.82.